The Hall–Kier alpha value is -1.31. The van der Waals surface area contributed by atoms with Crippen molar-refractivity contribution in [3.8, 4) is 0 Å². The first kappa shape index (κ1) is 15.1. The SMILES string of the molecule is Nc1ccc(NCC2CCC(O)CC2)c(S(N)(=O)=O)c1. The lowest BCUT2D eigenvalue weighted by molar-refractivity contribution is 0.111. The van der Waals surface area contributed by atoms with Crippen LogP contribution in [0.5, 0.6) is 0 Å². The summed E-state index contributed by atoms with van der Waals surface area (Å²) >= 11 is 0. The Balaban J connectivity index is 2.06. The van der Waals surface area contributed by atoms with Crippen molar-refractivity contribution in [2.24, 2.45) is 11.1 Å². The van der Waals surface area contributed by atoms with Crippen LogP contribution in [0.1, 0.15) is 25.7 Å². The average molecular weight is 299 g/mol. The largest absolute Gasteiger partial charge is 0.399 e. The number of aliphatic hydroxyl groups is 1. The highest BCUT2D eigenvalue weighted by molar-refractivity contribution is 7.89. The van der Waals surface area contributed by atoms with Gasteiger partial charge in [0.2, 0.25) is 10.0 Å². The molecule has 2 rings (SSSR count). The molecule has 1 saturated carbocycles. The molecule has 1 aromatic carbocycles. The van der Waals surface area contributed by atoms with Crippen LogP contribution in [-0.4, -0.2) is 26.2 Å². The third-order valence-electron chi connectivity index (χ3n) is 3.71. The zero-order valence-electron chi connectivity index (χ0n) is 11.2. The number of rotatable bonds is 4. The summed E-state index contributed by atoms with van der Waals surface area (Å²) in [6.45, 7) is 0.666. The zero-order valence-corrected chi connectivity index (χ0v) is 12.1. The fraction of sp³-hybridized carbons (Fsp3) is 0.538. The molecule has 20 heavy (non-hydrogen) atoms. The maximum atomic E-state index is 11.5. The Morgan fingerprint density at radius 3 is 2.50 bits per heavy atom. The summed E-state index contributed by atoms with van der Waals surface area (Å²) in [7, 11) is -3.80. The highest BCUT2D eigenvalue weighted by Gasteiger charge is 2.20. The first-order chi connectivity index (χ1) is 9.36. The first-order valence-electron chi connectivity index (χ1n) is 6.70. The molecule has 1 fully saturated rings. The van der Waals surface area contributed by atoms with Gasteiger partial charge in [-0.2, -0.15) is 0 Å². The Morgan fingerprint density at radius 2 is 1.90 bits per heavy atom. The molecule has 1 aliphatic rings. The third-order valence-corrected chi connectivity index (χ3v) is 4.66. The minimum absolute atomic E-state index is 0.0216. The van der Waals surface area contributed by atoms with E-state index < -0.39 is 10.0 Å². The molecular formula is C13H21N3O3S. The Bertz CT molecular complexity index is 566. The molecular weight excluding hydrogens is 278 g/mol. The first-order valence-corrected chi connectivity index (χ1v) is 8.25. The number of aliphatic hydroxyl groups excluding tert-OH is 1. The van der Waals surface area contributed by atoms with E-state index >= 15 is 0 Å². The van der Waals surface area contributed by atoms with Crippen LogP contribution in [0.15, 0.2) is 23.1 Å². The van der Waals surface area contributed by atoms with Gasteiger partial charge in [-0.1, -0.05) is 0 Å². The maximum absolute atomic E-state index is 11.5. The van der Waals surface area contributed by atoms with E-state index in [1.807, 2.05) is 0 Å². The molecule has 0 spiro atoms. The van der Waals surface area contributed by atoms with Gasteiger partial charge >= 0.3 is 0 Å². The van der Waals surface area contributed by atoms with E-state index in [2.05, 4.69) is 5.32 Å². The van der Waals surface area contributed by atoms with E-state index in [4.69, 9.17) is 10.9 Å². The summed E-state index contributed by atoms with van der Waals surface area (Å²) in [6, 6.07) is 4.64. The highest BCUT2D eigenvalue weighted by Crippen LogP contribution is 2.27. The molecule has 0 amide bonds. The van der Waals surface area contributed by atoms with E-state index in [0.717, 1.165) is 25.7 Å². The maximum Gasteiger partial charge on any atom is 0.240 e. The number of anilines is 2. The van der Waals surface area contributed by atoms with Crippen LogP contribution in [0.3, 0.4) is 0 Å². The van der Waals surface area contributed by atoms with Crippen molar-refractivity contribution >= 4 is 21.4 Å². The van der Waals surface area contributed by atoms with Crippen molar-refractivity contribution in [2.45, 2.75) is 36.7 Å². The number of nitrogen functional groups attached to an aromatic ring is 1. The van der Waals surface area contributed by atoms with Gasteiger partial charge in [0.05, 0.1) is 11.8 Å². The van der Waals surface area contributed by atoms with Crippen molar-refractivity contribution in [2.75, 3.05) is 17.6 Å². The molecule has 1 aromatic rings. The van der Waals surface area contributed by atoms with Crippen LogP contribution in [0.4, 0.5) is 11.4 Å². The lowest BCUT2D eigenvalue weighted by atomic mass is 9.87. The molecule has 0 aromatic heterocycles. The number of primary sulfonamides is 1. The van der Waals surface area contributed by atoms with Crippen LogP contribution in [0.25, 0.3) is 0 Å². The molecule has 6 nitrogen and oxygen atoms in total. The van der Waals surface area contributed by atoms with Crippen molar-refractivity contribution in [1.82, 2.24) is 0 Å². The topological polar surface area (TPSA) is 118 Å². The average Bonchev–Trinajstić information content (AvgIpc) is 2.38. The predicted molar refractivity (Wildman–Crippen MR) is 78.7 cm³/mol. The van der Waals surface area contributed by atoms with Gasteiger partial charge in [-0.25, -0.2) is 13.6 Å². The third kappa shape index (κ3) is 3.84. The normalized spacial score (nSPS) is 23.5. The van der Waals surface area contributed by atoms with Crippen molar-refractivity contribution < 1.29 is 13.5 Å². The lowest BCUT2D eigenvalue weighted by Gasteiger charge is -2.26. The van der Waals surface area contributed by atoms with Crippen LogP contribution in [0, 0.1) is 5.92 Å². The minimum atomic E-state index is -3.80. The number of hydrogen-bond acceptors (Lipinski definition) is 5. The zero-order chi connectivity index (χ0) is 14.8. The molecule has 0 aliphatic heterocycles. The molecule has 7 heteroatoms. The molecule has 0 unspecified atom stereocenters. The summed E-state index contributed by atoms with van der Waals surface area (Å²) in [5.74, 6) is 0.435. The molecule has 6 N–H and O–H groups in total. The van der Waals surface area contributed by atoms with Crippen molar-refractivity contribution in [3.05, 3.63) is 18.2 Å². The van der Waals surface area contributed by atoms with Gasteiger partial charge in [0.1, 0.15) is 4.90 Å². The number of nitrogens with one attached hydrogen (secondary N) is 1. The van der Waals surface area contributed by atoms with Gasteiger partial charge in [0.15, 0.2) is 0 Å². The molecule has 1 aliphatic carbocycles. The van der Waals surface area contributed by atoms with E-state index in [1.165, 1.54) is 6.07 Å². The standard InChI is InChI=1S/C13H21N3O3S/c14-10-3-6-12(13(7-10)20(15,18)19)16-8-9-1-4-11(17)5-2-9/h3,6-7,9,11,16-17H,1-2,4-5,8,14H2,(H2,15,18,19). The summed E-state index contributed by atoms with van der Waals surface area (Å²) in [4.78, 5) is 0.0216. The monoisotopic (exact) mass is 299 g/mol. The van der Waals surface area contributed by atoms with Crippen LogP contribution >= 0.6 is 0 Å². The molecule has 0 heterocycles. The van der Waals surface area contributed by atoms with Crippen LogP contribution in [0.2, 0.25) is 0 Å². The van der Waals surface area contributed by atoms with Gasteiger partial charge in [0.25, 0.3) is 0 Å². The molecule has 0 saturated heterocycles. The lowest BCUT2D eigenvalue weighted by Crippen LogP contribution is -2.24. The van der Waals surface area contributed by atoms with E-state index in [-0.39, 0.29) is 11.0 Å². The van der Waals surface area contributed by atoms with Crippen molar-refractivity contribution in [1.29, 1.82) is 0 Å². The van der Waals surface area contributed by atoms with Crippen LogP contribution < -0.4 is 16.2 Å². The Kier molecular flexibility index (Phi) is 4.52. The summed E-state index contributed by atoms with van der Waals surface area (Å²) < 4.78 is 23.1. The number of nitrogens with two attached hydrogens (primary N) is 2. The van der Waals surface area contributed by atoms with Gasteiger partial charge in [0, 0.05) is 12.2 Å². The molecule has 0 atom stereocenters. The number of hydrogen-bond donors (Lipinski definition) is 4. The summed E-state index contributed by atoms with van der Waals surface area (Å²) in [6.07, 6.45) is 3.29. The number of sulfonamides is 1. The second kappa shape index (κ2) is 5.99. The van der Waals surface area contributed by atoms with E-state index in [1.54, 1.807) is 12.1 Å². The van der Waals surface area contributed by atoms with Gasteiger partial charge in [-0.15, -0.1) is 0 Å². The second-order valence-corrected chi connectivity index (χ2v) is 6.89. The minimum Gasteiger partial charge on any atom is -0.399 e. The van der Waals surface area contributed by atoms with Crippen molar-refractivity contribution in [3.63, 3.8) is 0 Å². The van der Waals surface area contributed by atoms with E-state index in [9.17, 15) is 13.5 Å². The van der Waals surface area contributed by atoms with Gasteiger partial charge in [-0.05, 0) is 49.8 Å². The Labute approximate surface area is 119 Å². The highest BCUT2D eigenvalue weighted by atomic mass is 32.2. The molecule has 112 valence electrons. The molecule has 0 bridgehead atoms. The smallest absolute Gasteiger partial charge is 0.240 e. The molecule has 0 radical (unpaired) electrons. The summed E-state index contributed by atoms with van der Waals surface area (Å²) in [5, 5.41) is 17.8. The fourth-order valence-electron chi connectivity index (χ4n) is 2.52. The second-order valence-electron chi connectivity index (χ2n) is 5.36. The number of benzene rings is 1. The fourth-order valence-corrected chi connectivity index (χ4v) is 3.27. The Morgan fingerprint density at radius 1 is 1.25 bits per heavy atom. The predicted octanol–water partition coefficient (Wildman–Crippen LogP) is 0.879. The quantitative estimate of drug-likeness (QED) is 0.615. The van der Waals surface area contributed by atoms with Gasteiger partial charge < -0.3 is 16.2 Å². The summed E-state index contributed by atoms with van der Waals surface area (Å²) in [5.41, 5.74) is 6.44. The van der Waals surface area contributed by atoms with E-state index in [0.29, 0.717) is 23.8 Å². The van der Waals surface area contributed by atoms with Crippen LogP contribution in [-0.2, 0) is 10.0 Å². The van der Waals surface area contributed by atoms with Gasteiger partial charge in [-0.3, -0.25) is 0 Å².